The van der Waals surface area contributed by atoms with Crippen molar-refractivity contribution in [3.63, 3.8) is 0 Å². The summed E-state index contributed by atoms with van der Waals surface area (Å²) in [6, 6.07) is 2.75. The number of nitrogens with zero attached hydrogens (tertiary/aromatic N) is 2. The first-order valence-corrected chi connectivity index (χ1v) is 7.34. The molecule has 1 aliphatic rings. The molecule has 0 bridgehead atoms. The Balaban J connectivity index is 1.96. The molecule has 0 spiro atoms. The van der Waals surface area contributed by atoms with Gasteiger partial charge in [0.15, 0.2) is 6.61 Å². The van der Waals surface area contributed by atoms with Crippen LogP contribution in [0.25, 0.3) is 0 Å². The highest BCUT2D eigenvalue weighted by atomic mass is 19.4. The number of amides is 1. The summed E-state index contributed by atoms with van der Waals surface area (Å²) in [5.41, 5.74) is 0.369. The van der Waals surface area contributed by atoms with Crippen LogP contribution in [0.4, 0.5) is 13.2 Å². The number of aromatic nitrogens is 1. The van der Waals surface area contributed by atoms with Crippen LogP contribution in [-0.2, 0) is 0 Å². The van der Waals surface area contributed by atoms with Crippen LogP contribution in [0.15, 0.2) is 18.3 Å². The van der Waals surface area contributed by atoms with E-state index in [0.717, 1.165) is 25.8 Å². The van der Waals surface area contributed by atoms with Gasteiger partial charge in [0, 0.05) is 25.4 Å². The van der Waals surface area contributed by atoms with Gasteiger partial charge in [-0.1, -0.05) is 6.92 Å². The molecule has 0 radical (unpaired) electrons. The van der Waals surface area contributed by atoms with E-state index in [9.17, 15) is 18.0 Å². The minimum Gasteiger partial charge on any atom is -0.468 e. The van der Waals surface area contributed by atoms with Crippen LogP contribution < -0.4 is 4.74 Å². The van der Waals surface area contributed by atoms with Gasteiger partial charge in [0.2, 0.25) is 5.88 Å². The maximum absolute atomic E-state index is 12.4. The Hall–Kier alpha value is -1.79. The van der Waals surface area contributed by atoms with Crippen molar-refractivity contribution >= 4 is 5.91 Å². The highest BCUT2D eigenvalue weighted by Crippen LogP contribution is 2.30. The summed E-state index contributed by atoms with van der Waals surface area (Å²) in [6.07, 6.45) is 0.0204. The topological polar surface area (TPSA) is 42.4 Å². The van der Waals surface area contributed by atoms with Crippen molar-refractivity contribution in [1.82, 2.24) is 9.88 Å². The second-order valence-electron chi connectivity index (χ2n) is 5.48. The zero-order chi connectivity index (χ0) is 16.2. The Kier molecular flexibility index (Phi) is 5.26. The Morgan fingerprint density at radius 1 is 1.41 bits per heavy atom. The Morgan fingerprint density at radius 3 is 2.64 bits per heavy atom. The summed E-state index contributed by atoms with van der Waals surface area (Å²) in [6.45, 7) is 2.01. The van der Waals surface area contributed by atoms with Gasteiger partial charge < -0.3 is 9.64 Å². The zero-order valence-electron chi connectivity index (χ0n) is 12.4. The summed E-state index contributed by atoms with van der Waals surface area (Å²) < 4.78 is 40.7. The number of ether oxygens (including phenoxy) is 1. The fourth-order valence-corrected chi connectivity index (χ4v) is 2.09. The lowest BCUT2D eigenvalue weighted by atomic mass is 10.2. The molecule has 7 heteroatoms. The van der Waals surface area contributed by atoms with Gasteiger partial charge in [-0.2, -0.15) is 13.2 Å². The van der Waals surface area contributed by atoms with Crippen molar-refractivity contribution in [1.29, 1.82) is 0 Å². The van der Waals surface area contributed by atoms with Crippen LogP contribution in [0.5, 0.6) is 5.88 Å². The van der Waals surface area contributed by atoms with E-state index in [1.807, 2.05) is 6.92 Å². The minimum absolute atomic E-state index is 0.136. The normalized spacial score (nSPS) is 14.7. The standard InChI is InChI=1S/C15H19F3N2O2/c1-2-7-20(9-11-3-4-11)14(21)12-5-6-13(19-8-12)22-10-15(16,17)18/h5-6,8,11H,2-4,7,9-10H2,1H3. The average molecular weight is 316 g/mol. The smallest absolute Gasteiger partial charge is 0.422 e. The van der Waals surface area contributed by atoms with Crippen LogP contribution >= 0.6 is 0 Å². The molecular formula is C15H19F3N2O2. The summed E-state index contributed by atoms with van der Waals surface area (Å²) in [5, 5.41) is 0. The molecule has 1 heterocycles. The molecule has 1 aromatic rings. The molecule has 0 aromatic carbocycles. The van der Waals surface area contributed by atoms with Gasteiger partial charge in [-0.3, -0.25) is 4.79 Å². The van der Waals surface area contributed by atoms with E-state index >= 15 is 0 Å². The molecule has 0 saturated heterocycles. The zero-order valence-corrected chi connectivity index (χ0v) is 12.4. The maximum Gasteiger partial charge on any atom is 0.422 e. The molecule has 2 rings (SSSR count). The predicted molar refractivity (Wildman–Crippen MR) is 74.7 cm³/mol. The Morgan fingerprint density at radius 2 is 2.14 bits per heavy atom. The van der Waals surface area contributed by atoms with Gasteiger partial charge in [0.05, 0.1) is 5.56 Å². The maximum atomic E-state index is 12.4. The molecule has 0 aliphatic heterocycles. The van der Waals surface area contributed by atoms with Crippen molar-refractivity contribution in [2.24, 2.45) is 5.92 Å². The molecule has 1 fully saturated rings. The highest BCUT2D eigenvalue weighted by molar-refractivity contribution is 5.94. The molecule has 0 N–H and O–H groups in total. The number of hydrogen-bond donors (Lipinski definition) is 0. The lowest BCUT2D eigenvalue weighted by molar-refractivity contribution is -0.154. The predicted octanol–water partition coefficient (Wildman–Crippen LogP) is 3.28. The Labute approximate surface area is 127 Å². The van der Waals surface area contributed by atoms with Crippen LogP contribution in [-0.4, -0.2) is 41.7 Å². The van der Waals surface area contributed by atoms with Crippen molar-refractivity contribution < 1.29 is 22.7 Å². The number of carbonyl (C=O) groups excluding carboxylic acids is 1. The van der Waals surface area contributed by atoms with Crippen molar-refractivity contribution in [2.45, 2.75) is 32.4 Å². The van der Waals surface area contributed by atoms with Crippen molar-refractivity contribution in [2.75, 3.05) is 19.7 Å². The van der Waals surface area contributed by atoms with E-state index in [-0.39, 0.29) is 11.8 Å². The van der Waals surface area contributed by atoms with Gasteiger partial charge in [-0.25, -0.2) is 4.98 Å². The SMILES string of the molecule is CCCN(CC1CC1)C(=O)c1ccc(OCC(F)(F)F)nc1. The molecular weight excluding hydrogens is 297 g/mol. The van der Waals surface area contributed by atoms with E-state index in [1.54, 1.807) is 4.90 Å². The second-order valence-corrected chi connectivity index (χ2v) is 5.48. The lowest BCUT2D eigenvalue weighted by Gasteiger charge is -2.22. The van der Waals surface area contributed by atoms with E-state index < -0.39 is 12.8 Å². The van der Waals surface area contributed by atoms with Crippen LogP contribution in [0.2, 0.25) is 0 Å². The highest BCUT2D eigenvalue weighted by Gasteiger charge is 2.29. The van der Waals surface area contributed by atoms with E-state index in [4.69, 9.17) is 0 Å². The summed E-state index contributed by atoms with van der Waals surface area (Å²) >= 11 is 0. The molecule has 1 amide bonds. The number of rotatable bonds is 7. The number of halogens is 3. The van der Waals surface area contributed by atoms with Crippen molar-refractivity contribution in [3.05, 3.63) is 23.9 Å². The Bertz CT molecular complexity index is 499. The number of carbonyl (C=O) groups is 1. The average Bonchev–Trinajstić information content (AvgIpc) is 3.28. The fourth-order valence-electron chi connectivity index (χ4n) is 2.09. The molecule has 4 nitrogen and oxygen atoms in total. The van der Waals surface area contributed by atoms with Gasteiger partial charge in [0.1, 0.15) is 0 Å². The van der Waals surface area contributed by atoms with Crippen LogP contribution in [0, 0.1) is 5.92 Å². The first-order valence-electron chi connectivity index (χ1n) is 7.34. The molecule has 1 saturated carbocycles. The molecule has 122 valence electrons. The second kappa shape index (κ2) is 6.98. The molecule has 1 aromatic heterocycles. The summed E-state index contributed by atoms with van der Waals surface area (Å²) in [5.74, 6) is 0.305. The largest absolute Gasteiger partial charge is 0.468 e. The quantitative estimate of drug-likeness (QED) is 0.775. The van der Waals surface area contributed by atoms with Gasteiger partial charge in [0.25, 0.3) is 5.91 Å². The third kappa shape index (κ3) is 5.20. The first kappa shape index (κ1) is 16.6. The number of alkyl halides is 3. The van der Waals surface area contributed by atoms with Gasteiger partial charge >= 0.3 is 6.18 Å². The van der Waals surface area contributed by atoms with Crippen molar-refractivity contribution in [3.8, 4) is 5.88 Å². The third-order valence-corrected chi connectivity index (χ3v) is 3.32. The first-order chi connectivity index (χ1) is 10.4. The van der Waals surface area contributed by atoms with Gasteiger partial charge in [-0.05, 0) is 31.2 Å². The third-order valence-electron chi connectivity index (χ3n) is 3.32. The summed E-state index contributed by atoms with van der Waals surface area (Å²) in [4.78, 5) is 17.9. The summed E-state index contributed by atoms with van der Waals surface area (Å²) in [7, 11) is 0. The number of hydrogen-bond acceptors (Lipinski definition) is 3. The monoisotopic (exact) mass is 316 g/mol. The van der Waals surface area contributed by atoms with E-state index in [0.29, 0.717) is 18.0 Å². The van der Waals surface area contributed by atoms with Gasteiger partial charge in [-0.15, -0.1) is 0 Å². The lowest BCUT2D eigenvalue weighted by Crippen LogP contribution is -2.33. The molecule has 1 aliphatic carbocycles. The minimum atomic E-state index is -4.40. The number of pyridine rings is 1. The van der Waals surface area contributed by atoms with E-state index in [1.165, 1.54) is 18.3 Å². The fraction of sp³-hybridized carbons (Fsp3) is 0.600. The van der Waals surface area contributed by atoms with Crippen LogP contribution in [0.1, 0.15) is 36.5 Å². The van der Waals surface area contributed by atoms with E-state index in [2.05, 4.69) is 9.72 Å². The van der Waals surface area contributed by atoms with Crippen LogP contribution in [0.3, 0.4) is 0 Å². The molecule has 22 heavy (non-hydrogen) atoms. The molecule has 0 unspecified atom stereocenters. The molecule has 0 atom stereocenters.